The molecule has 0 aromatic heterocycles. The summed E-state index contributed by atoms with van der Waals surface area (Å²) in [5.41, 5.74) is 1.26. The molecule has 0 heterocycles. The standard InChI is InChI=1S/C8H10O.CH2O/c1-2-7-3-5-8(9)6-4-7;1-2/h3-6,9H,2H2,1H3;1H2. The molecule has 1 aromatic carbocycles. The molecule has 2 heteroatoms. The van der Waals surface area contributed by atoms with Crippen molar-refractivity contribution in [2.75, 3.05) is 0 Å². The highest BCUT2D eigenvalue weighted by Gasteiger charge is 1.86. The van der Waals surface area contributed by atoms with E-state index < -0.39 is 0 Å². The van der Waals surface area contributed by atoms with E-state index in [-0.39, 0.29) is 0 Å². The molecule has 1 rings (SSSR count). The van der Waals surface area contributed by atoms with Crippen LogP contribution < -0.4 is 0 Å². The molecule has 11 heavy (non-hydrogen) atoms. The minimum absolute atomic E-state index is 0.340. The average Bonchev–Trinajstić information content (AvgIpc) is 2.10. The molecule has 0 radical (unpaired) electrons. The smallest absolute Gasteiger partial charge is 0.115 e. The fourth-order valence-corrected chi connectivity index (χ4v) is 0.732. The molecule has 0 unspecified atom stereocenters. The van der Waals surface area contributed by atoms with E-state index in [0.29, 0.717) is 5.75 Å². The summed E-state index contributed by atoms with van der Waals surface area (Å²) in [6, 6.07) is 7.27. The van der Waals surface area contributed by atoms with Gasteiger partial charge in [-0.15, -0.1) is 0 Å². The number of aromatic hydroxyl groups is 1. The Kier molecular flexibility index (Phi) is 4.82. The van der Waals surface area contributed by atoms with Crippen LogP contribution in [0, 0.1) is 0 Å². The third-order valence-electron chi connectivity index (χ3n) is 1.34. The van der Waals surface area contributed by atoms with Gasteiger partial charge in [0.25, 0.3) is 0 Å². The highest BCUT2D eigenvalue weighted by Crippen LogP contribution is 2.09. The van der Waals surface area contributed by atoms with Gasteiger partial charge in [-0.3, -0.25) is 0 Å². The van der Waals surface area contributed by atoms with Gasteiger partial charge in [-0.1, -0.05) is 19.1 Å². The second kappa shape index (κ2) is 5.47. The third-order valence-corrected chi connectivity index (χ3v) is 1.34. The van der Waals surface area contributed by atoms with Crippen molar-refractivity contribution >= 4 is 6.79 Å². The molecule has 0 bridgehead atoms. The Morgan fingerprint density at radius 2 is 1.73 bits per heavy atom. The van der Waals surface area contributed by atoms with Crippen LogP contribution in [0.3, 0.4) is 0 Å². The van der Waals surface area contributed by atoms with E-state index in [1.54, 1.807) is 12.1 Å². The van der Waals surface area contributed by atoms with Gasteiger partial charge in [0.2, 0.25) is 0 Å². The lowest BCUT2D eigenvalue weighted by Crippen LogP contribution is -1.75. The number of benzene rings is 1. The zero-order valence-electron chi connectivity index (χ0n) is 6.58. The summed E-state index contributed by atoms with van der Waals surface area (Å²) in [5.74, 6) is 0.340. The van der Waals surface area contributed by atoms with Crippen LogP contribution in [0.5, 0.6) is 5.75 Å². The van der Waals surface area contributed by atoms with Gasteiger partial charge >= 0.3 is 0 Å². The number of carbonyl (C=O) groups excluding carboxylic acids is 1. The van der Waals surface area contributed by atoms with E-state index in [1.165, 1.54) is 5.56 Å². The summed E-state index contributed by atoms with van der Waals surface area (Å²) in [6.07, 6.45) is 1.03. The highest BCUT2D eigenvalue weighted by atomic mass is 16.3. The summed E-state index contributed by atoms with van der Waals surface area (Å²) in [5, 5.41) is 8.85. The van der Waals surface area contributed by atoms with Crippen LogP contribution in [0.15, 0.2) is 24.3 Å². The molecule has 0 aliphatic heterocycles. The Morgan fingerprint density at radius 1 is 1.27 bits per heavy atom. The van der Waals surface area contributed by atoms with Crippen LogP contribution in [0.4, 0.5) is 0 Å². The quantitative estimate of drug-likeness (QED) is 0.665. The summed E-state index contributed by atoms with van der Waals surface area (Å²) >= 11 is 0. The van der Waals surface area contributed by atoms with Crippen molar-refractivity contribution in [1.82, 2.24) is 0 Å². The fourth-order valence-electron chi connectivity index (χ4n) is 0.732. The molecule has 0 aliphatic carbocycles. The van der Waals surface area contributed by atoms with Gasteiger partial charge in [0, 0.05) is 0 Å². The van der Waals surface area contributed by atoms with Gasteiger partial charge in [-0.25, -0.2) is 0 Å². The number of carbonyl (C=O) groups is 1. The SMILES string of the molecule is C=O.CCc1ccc(O)cc1. The van der Waals surface area contributed by atoms with Gasteiger partial charge in [0.05, 0.1) is 0 Å². The second-order valence-electron chi connectivity index (χ2n) is 2.02. The van der Waals surface area contributed by atoms with Crippen LogP contribution >= 0.6 is 0 Å². The minimum atomic E-state index is 0.340. The van der Waals surface area contributed by atoms with E-state index in [1.807, 2.05) is 18.9 Å². The van der Waals surface area contributed by atoms with E-state index in [9.17, 15) is 0 Å². The van der Waals surface area contributed by atoms with E-state index in [0.717, 1.165) is 6.42 Å². The maximum atomic E-state index is 8.85. The molecule has 2 nitrogen and oxygen atoms in total. The first-order chi connectivity index (χ1) is 5.33. The molecule has 0 saturated carbocycles. The number of phenols is 1. The Morgan fingerprint density at radius 3 is 2.09 bits per heavy atom. The van der Waals surface area contributed by atoms with Crippen molar-refractivity contribution in [2.45, 2.75) is 13.3 Å². The van der Waals surface area contributed by atoms with Crippen molar-refractivity contribution in [2.24, 2.45) is 0 Å². The normalized spacial score (nSPS) is 8.09. The molecular formula is C9H12O2. The number of hydrogen-bond donors (Lipinski definition) is 1. The summed E-state index contributed by atoms with van der Waals surface area (Å²) < 4.78 is 0. The largest absolute Gasteiger partial charge is 0.508 e. The molecular weight excluding hydrogens is 140 g/mol. The van der Waals surface area contributed by atoms with E-state index in [4.69, 9.17) is 9.90 Å². The predicted octanol–water partition coefficient (Wildman–Crippen LogP) is 1.77. The molecule has 1 N–H and O–H groups in total. The molecule has 0 aliphatic rings. The monoisotopic (exact) mass is 152 g/mol. The first-order valence-electron chi connectivity index (χ1n) is 3.39. The van der Waals surface area contributed by atoms with Gasteiger partial charge in [0.1, 0.15) is 12.5 Å². The fraction of sp³-hybridized carbons (Fsp3) is 0.222. The lowest BCUT2D eigenvalue weighted by atomic mass is 10.2. The third kappa shape index (κ3) is 3.40. The summed E-state index contributed by atoms with van der Waals surface area (Å²) in [4.78, 5) is 8.00. The number of hydrogen-bond acceptors (Lipinski definition) is 2. The predicted molar refractivity (Wildman–Crippen MR) is 44.6 cm³/mol. The van der Waals surface area contributed by atoms with Crippen molar-refractivity contribution in [1.29, 1.82) is 0 Å². The Balaban J connectivity index is 0.000000461. The van der Waals surface area contributed by atoms with E-state index >= 15 is 0 Å². The van der Waals surface area contributed by atoms with Crippen LogP contribution in [0.2, 0.25) is 0 Å². The molecule has 0 amide bonds. The van der Waals surface area contributed by atoms with Gasteiger partial charge in [-0.2, -0.15) is 0 Å². The molecule has 0 saturated heterocycles. The van der Waals surface area contributed by atoms with Crippen molar-refractivity contribution in [3.63, 3.8) is 0 Å². The van der Waals surface area contributed by atoms with Crippen LogP contribution in [-0.2, 0) is 11.2 Å². The minimum Gasteiger partial charge on any atom is -0.508 e. The van der Waals surface area contributed by atoms with Crippen LogP contribution in [0.1, 0.15) is 12.5 Å². The number of aryl methyl sites for hydroxylation is 1. The molecule has 1 aromatic rings. The Labute approximate surface area is 66.5 Å². The van der Waals surface area contributed by atoms with Gasteiger partial charge < -0.3 is 9.90 Å². The van der Waals surface area contributed by atoms with Gasteiger partial charge in [-0.05, 0) is 24.1 Å². The lowest BCUT2D eigenvalue weighted by Gasteiger charge is -1.93. The zero-order valence-corrected chi connectivity index (χ0v) is 6.58. The molecule has 0 atom stereocenters. The lowest BCUT2D eigenvalue weighted by molar-refractivity contribution is -0.0979. The summed E-state index contributed by atoms with van der Waals surface area (Å²) in [7, 11) is 0. The van der Waals surface area contributed by atoms with E-state index in [2.05, 4.69) is 6.92 Å². The maximum absolute atomic E-state index is 8.85. The molecule has 60 valence electrons. The molecule has 0 fully saturated rings. The number of rotatable bonds is 1. The van der Waals surface area contributed by atoms with Crippen molar-refractivity contribution < 1.29 is 9.90 Å². The topological polar surface area (TPSA) is 37.3 Å². The van der Waals surface area contributed by atoms with Crippen molar-refractivity contribution in [3.05, 3.63) is 29.8 Å². The zero-order chi connectivity index (χ0) is 8.69. The maximum Gasteiger partial charge on any atom is 0.115 e. The van der Waals surface area contributed by atoms with Crippen LogP contribution in [-0.4, -0.2) is 11.9 Å². The summed E-state index contributed by atoms with van der Waals surface area (Å²) in [6.45, 7) is 4.09. The second-order valence-corrected chi connectivity index (χ2v) is 2.02. The highest BCUT2D eigenvalue weighted by molar-refractivity contribution is 5.25. The Hall–Kier alpha value is -1.31. The average molecular weight is 152 g/mol. The number of phenolic OH excluding ortho intramolecular Hbond substituents is 1. The molecule has 0 spiro atoms. The van der Waals surface area contributed by atoms with Crippen molar-refractivity contribution in [3.8, 4) is 5.75 Å². The Bertz CT molecular complexity index is 191. The first-order valence-corrected chi connectivity index (χ1v) is 3.39. The van der Waals surface area contributed by atoms with Crippen LogP contribution in [0.25, 0.3) is 0 Å². The first kappa shape index (κ1) is 9.69. The van der Waals surface area contributed by atoms with Gasteiger partial charge in [0.15, 0.2) is 0 Å².